The van der Waals surface area contributed by atoms with Gasteiger partial charge in [-0.05, 0) is 64.4 Å². The molecule has 0 saturated heterocycles. The number of aromatic nitrogens is 1. The molecular formula is C23H33FIN5O3. The van der Waals surface area contributed by atoms with Crippen molar-refractivity contribution in [2.24, 2.45) is 4.99 Å². The number of carbonyl (C=O) groups is 1. The van der Waals surface area contributed by atoms with Crippen molar-refractivity contribution in [1.29, 1.82) is 0 Å². The molecule has 3 N–H and O–H groups in total. The van der Waals surface area contributed by atoms with Crippen LogP contribution in [0.25, 0.3) is 0 Å². The van der Waals surface area contributed by atoms with Crippen molar-refractivity contribution in [3.63, 3.8) is 0 Å². The first-order valence-corrected chi connectivity index (χ1v) is 10.3. The van der Waals surface area contributed by atoms with E-state index in [9.17, 15) is 9.18 Å². The summed E-state index contributed by atoms with van der Waals surface area (Å²) in [7, 11) is 1.67. The van der Waals surface area contributed by atoms with Crippen molar-refractivity contribution in [2.45, 2.75) is 52.3 Å². The van der Waals surface area contributed by atoms with Crippen LogP contribution in [0.5, 0.6) is 11.6 Å². The van der Waals surface area contributed by atoms with Crippen LogP contribution in [0.15, 0.2) is 47.6 Å². The van der Waals surface area contributed by atoms with Gasteiger partial charge in [0.25, 0.3) is 0 Å². The summed E-state index contributed by atoms with van der Waals surface area (Å²) in [4.78, 5) is 20.5. The quantitative estimate of drug-likeness (QED) is 0.255. The van der Waals surface area contributed by atoms with Gasteiger partial charge in [0.2, 0.25) is 5.88 Å². The zero-order valence-corrected chi connectivity index (χ0v) is 22.2. The van der Waals surface area contributed by atoms with Crippen LogP contribution in [-0.2, 0) is 11.3 Å². The highest BCUT2D eigenvalue weighted by atomic mass is 127. The minimum atomic E-state index is -0.557. The van der Waals surface area contributed by atoms with Gasteiger partial charge >= 0.3 is 6.09 Å². The van der Waals surface area contributed by atoms with Crippen LogP contribution < -0.4 is 20.7 Å². The van der Waals surface area contributed by atoms with Crippen molar-refractivity contribution < 1.29 is 18.7 Å². The third-order valence-electron chi connectivity index (χ3n) is 4.05. The summed E-state index contributed by atoms with van der Waals surface area (Å²) in [5.74, 6) is 1.18. The van der Waals surface area contributed by atoms with Crippen LogP contribution in [0.2, 0.25) is 0 Å². The molecular weight excluding hydrogens is 540 g/mol. The molecule has 182 valence electrons. The molecule has 0 aliphatic heterocycles. The topological polar surface area (TPSA) is 96.9 Å². The number of carbonyl (C=O) groups excluding carboxylic acids is 1. The summed E-state index contributed by atoms with van der Waals surface area (Å²) in [5.41, 5.74) is -0.190. The number of hydrogen-bond donors (Lipinski definition) is 3. The molecule has 0 saturated carbocycles. The molecule has 2 rings (SSSR count). The maximum atomic E-state index is 13.0. The Bertz CT molecular complexity index is 913. The second kappa shape index (κ2) is 12.6. The SMILES string of the molecule is CN=C(NCc1ccc(Oc2ccc(F)cc2)nc1)NCC(C)(C)NC(=O)OC(C)(C)C.I. The predicted octanol–water partition coefficient (Wildman–Crippen LogP) is 4.60. The number of nitrogens with one attached hydrogen (secondary N) is 3. The molecule has 33 heavy (non-hydrogen) atoms. The number of pyridine rings is 1. The lowest BCUT2D eigenvalue weighted by molar-refractivity contribution is 0.0474. The van der Waals surface area contributed by atoms with E-state index in [4.69, 9.17) is 9.47 Å². The summed E-state index contributed by atoms with van der Waals surface area (Å²) < 4.78 is 23.9. The highest BCUT2D eigenvalue weighted by Gasteiger charge is 2.24. The van der Waals surface area contributed by atoms with Crippen LogP contribution in [0, 0.1) is 5.82 Å². The van der Waals surface area contributed by atoms with Crippen LogP contribution in [-0.4, -0.2) is 41.8 Å². The average molecular weight is 573 g/mol. The number of benzene rings is 1. The summed E-state index contributed by atoms with van der Waals surface area (Å²) in [6, 6.07) is 9.36. The van der Waals surface area contributed by atoms with Gasteiger partial charge in [-0.3, -0.25) is 4.99 Å². The van der Waals surface area contributed by atoms with Gasteiger partial charge in [-0.2, -0.15) is 0 Å². The van der Waals surface area contributed by atoms with Gasteiger partial charge in [-0.15, -0.1) is 24.0 Å². The minimum Gasteiger partial charge on any atom is -0.444 e. The molecule has 0 aliphatic rings. The third-order valence-corrected chi connectivity index (χ3v) is 4.05. The van der Waals surface area contributed by atoms with Crippen molar-refractivity contribution in [3.05, 3.63) is 54.0 Å². The van der Waals surface area contributed by atoms with Crippen molar-refractivity contribution in [3.8, 4) is 11.6 Å². The second-order valence-electron chi connectivity index (χ2n) is 8.85. The number of aliphatic imine (C=N–C) groups is 1. The monoisotopic (exact) mass is 573 g/mol. The Morgan fingerprint density at radius 2 is 1.73 bits per heavy atom. The molecule has 8 nitrogen and oxygen atoms in total. The van der Waals surface area contributed by atoms with Gasteiger partial charge < -0.3 is 25.4 Å². The van der Waals surface area contributed by atoms with Crippen LogP contribution >= 0.6 is 24.0 Å². The third kappa shape index (κ3) is 11.2. The van der Waals surface area contributed by atoms with Crippen LogP contribution in [0.1, 0.15) is 40.2 Å². The Hall–Kier alpha value is -2.63. The van der Waals surface area contributed by atoms with Crippen molar-refractivity contribution >= 4 is 36.0 Å². The lowest BCUT2D eigenvalue weighted by atomic mass is 10.1. The standard InChI is InChI=1S/C23H32FN5O3.HI/c1-22(2,3)32-21(30)29-23(4,5)15-28-20(25-6)27-14-16-7-12-19(26-13-16)31-18-10-8-17(24)9-11-18;/h7-13H,14-15H2,1-6H3,(H,29,30)(H2,25,27,28);1H. The van der Waals surface area contributed by atoms with E-state index in [1.165, 1.54) is 12.1 Å². The first-order valence-electron chi connectivity index (χ1n) is 10.3. The van der Waals surface area contributed by atoms with Gasteiger partial charge in [0.15, 0.2) is 5.96 Å². The minimum absolute atomic E-state index is 0. The van der Waals surface area contributed by atoms with Crippen molar-refractivity contribution in [1.82, 2.24) is 20.9 Å². The molecule has 0 radical (unpaired) electrons. The number of rotatable bonds is 7. The molecule has 0 atom stereocenters. The average Bonchev–Trinajstić information content (AvgIpc) is 2.69. The van der Waals surface area contributed by atoms with E-state index in [1.54, 1.807) is 31.4 Å². The molecule has 10 heteroatoms. The summed E-state index contributed by atoms with van der Waals surface area (Å²) in [5, 5.41) is 9.23. The van der Waals surface area contributed by atoms with Gasteiger partial charge in [0.1, 0.15) is 17.2 Å². The van der Waals surface area contributed by atoms with E-state index >= 15 is 0 Å². The van der Waals surface area contributed by atoms with E-state index in [-0.39, 0.29) is 29.8 Å². The molecule has 1 aromatic heterocycles. The van der Waals surface area contributed by atoms with Crippen molar-refractivity contribution in [2.75, 3.05) is 13.6 Å². The first-order chi connectivity index (χ1) is 15.0. The van der Waals surface area contributed by atoms with Gasteiger partial charge in [-0.25, -0.2) is 14.2 Å². The summed E-state index contributed by atoms with van der Waals surface area (Å²) in [6.45, 7) is 10.2. The summed E-state index contributed by atoms with van der Waals surface area (Å²) >= 11 is 0. The molecule has 0 unspecified atom stereocenters. The Balaban J connectivity index is 0.00000544. The fourth-order valence-corrected chi connectivity index (χ4v) is 2.53. The second-order valence-corrected chi connectivity index (χ2v) is 8.85. The predicted molar refractivity (Wildman–Crippen MR) is 138 cm³/mol. The Morgan fingerprint density at radius 1 is 1.06 bits per heavy atom. The highest BCUT2D eigenvalue weighted by Crippen LogP contribution is 2.19. The number of guanidine groups is 1. The van der Waals surface area contributed by atoms with E-state index in [0.717, 1.165) is 5.56 Å². The maximum Gasteiger partial charge on any atom is 0.408 e. The van der Waals surface area contributed by atoms with Crippen LogP contribution in [0.4, 0.5) is 9.18 Å². The normalized spacial score (nSPS) is 11.8. The zero-order chi connectivity index (χ0) is 23.8. The fraction of sp³-hybridized carbons (Fsp3) is 0.435. The number of alkyl carbamates (subject to hydrolysis) is 1. The smallest absolute Gasteiger partial charge is 0.408 e. The number of ether oxygens (including phenoxy) is 2. The number of halogens is 2. The van der Waals surface area contributed by atoms with E-state index < -0.39 is 17.2 Å². The Morgan fingerprint density at radius 3 is 2.27 bits per heavy atom. The molecule has 0 bridgehead atoms. The molecule has 0 fully saturated rings. The van der Waals surface area contributed by atoms with Gasteiger partial charge in [-0.1, -0.05) is 6.07 Å². The maximum absolute atomic E-state index is 13.0. The zero-order valence-electron chi connectivity index (χ0n) is 19.9. The van der Waals surface area contributed by atoms with E-state index in [1.807, 2.05) is 40.7 Å². The molecule has 1 amide bonds. The lowest BCUT2D eigenvalue weighted by Gasteiger charge is -2.29. The molecule has 1 aromatic carbocycles. The van der Waals surface area contributed by atoms with Gasteiger partial charge in [0, 0.05) is 32.4 Å². The number of nitrogens with zero attached hydrogens (tertiary/aromatic N) is 2. The number of hydrogen-bond acceptors (Lipinski definition) is 5. The highest BCUT2D eigenvalue weighted by molar-refractivity contribution is 14.0. The largest absolute Gasteiger partial charge is 0.444 e. The molecule has 0 aliphatic carbocycles. The fourth-order valence-electron chi connectivity index (χ4n) is 2.53. The van der Waals surface area contributed by atoms with E-state index in [0.29, 0.717) is 30.7 Å². The molecule has 2 aromatic rings. The van der Waals surface area contributed by atoms with Crippen LogP contribution in [0.3, 0.4) is 0 Å². The molecule has 1 heterocycles. The Labute approximate surface area is 211 Å². The first kappa shape index (κ1) is 28.4. The molecule has 0 spiro atoms. The Kier molecular flexibility index (Phi) is 10.8. The lowest BCUT2D eigenvalue weighted by Crippen LogP contribution is -2.54. The summed E-state index contributed by atoms with van der Waals surface area (Å²) in [6.07, 6.45) is 1.22. The number of amides is 1. The van der Waals surface area contributed by atoms with Gasteiger partial charge in [0.05, 0.1) is 5.54 Å². The van der Waals surface area contributed by atoms with E-state index in [2.05, 4.69) is 25.9 Å².